The van der Waals surface area contributed by atoms with E-state index in [2.05, 4.69) is 37.3 Å². The summed E-state index contributed by atoms with van der Waals surface area (Å²) >= 11 is 0. The van der Waals surface area contributed by atoms with Crippen molar-refractivity contribution in [1.29, 1.82) is 0 Å². The van der Waals surface area contributed by atoms with Gasteiger partial charge in [-0.05, 0) is 47.5 Å². The molecule has 6 rings (SSSR count). The number of halogens is 1. The van der Waals surface area contributed by atoms with Crippen LogP contribution in [0.4, 0.5) is 10.1 Å². The zero-order chi connectivity index (χ0) is 23.2. The highest BCUT2D eigenvalue weighted by Gasteiger charge is 2.15. The molecule has 0 unspecified atom stereocenters. The third kappa shape index (κ3) is 3.38. The molecule has 166 valence electrons. The van der Waals surface area contributed by atoms with Crippen molar-refractivity contribution >= 4 is 27.5 Å². The predicted molar refractivity (Wildman–Crippen MR) is 134 cm³/mol. The molecule has 0 radical (unpaired) electrons. The summed E-state index contributed by atoms with van der Waals surface area (Å²) in [6.07, 6.45) is 5.44. The molecule has 2 N–H and O–H groups in total. The lowest BCUT2D eigenvalue weighted by molar-refractivity contribution is 0.628. The maximum atomic E-state index is 13.9. The van der Waals surface area contributed by atoms with E-state index in [1.807, 2.05) is 61.7 Å². The molecule has 4 heterocycles. The van der Waals surface area contributed by atoms with Gasteiger partial charge in [0.15, 0.2) is 0 Å². The fourth-order valence-corrected chi connectivity index (χ4v) is 4.28. The average Bonchev–Trinajstić information content (AvgIpc) is 3.47. The number of nitrogens with one attached hydrogen (secondary N) is 2. The van der Waals surface area contributed by atoms with E-state index in [0.717, 1.165) is 61.3 Å². The van der Waals surface area contributed by atoms with Gasteiger partial charge in [0.1, 0.15) is 11.5 Å². The van der Waals surface area contributed by atoms with Crippen molar-refractivity contribution < 1.29 is 4.39 Å². The van der Waals surface area contributed by atoms with Gasteiger partial charge in [0.2, 0.25) is 0 Å². The molecule has 34 heavy (non-hydrogen) atoms. The first-order valence-electron chi connectivity index (χ1n) is 10.9. The second kappa shape index (κ2) is 7.81. The monoisotopic (exact) mass is 448 g/mol. The van der Waals surface area contributed by atoms with E-state index in [9.17, 15) is 4.39 Å². The molecule has 7 heteroatoms. The minimum absolute atomic E-state index is 0.253. The molecule has 0 aliphatic carbocycles. The van der Waals surface area contributed by atoms with Crippen molar-refractivity contribution in [2.45, 2.75) is 0 Å². The first-order valence-corrected chi connectivity index (χ1v) is 10.9. The Morgan fingerprint density at radius 2 is 1.71 bits per heavy atom. The highest BCUT2D eigenvalue weighted by Crippen LogP contribution is 2.35. The normalized spacial score (nSPS) is 11.4. The largest absolute Gasteiger partial charge is 0.376 e. The van der Waals surface area contributed by atoms with E-state index in [1.165, 1.54) is 6.07 Å². The van der Waals surface area contributed by atoms with Gasteiger partial charge < -0.3 is 9.88 Å². The van der Waals surface area contributed by atoms with Crippen molar-refractivity contribution in [2.24, 2.45) is 0 Å². The zero-order valence-electron chi connectivity index (χ0n) is 18.7. The highest BCUT2D eigenvalue weighted by atomic mass is 19.1. The molecule has 0 aliphatic rings. The van der Waals surface area contributed by atoms with Crippen molar-refractivity contribution in [3.63, 3.8) is 0 Å². The summed E-state index contributed by atoms with van der Waals surface area (Å²) in [5.41, 5.74) is 8.06. The van der Waals surface area contributed by atoms with Crippen LogP contribution in [0.1, 0.15) is 0 Å². The van der Waals surface area contributed by atoms with E-state index >= 15 is 0 Å². The van der Waals surface area contributed by atoms with E-state index in [-0.39, 0.29) is 5.82 Å². The van der Waals surface area contributed by atoms with Crippen LogP contribution in [-0.4, -0.2) is 39.2 Å². The summed E-state index contributed by atoms with van der Waals surface area (Å²) in [6.45, 7) is 0. The number of pyridine rings is 2. The van der Waals surface area contributed by atoms with Gasteiger partial charge >= 0.3 is 0 Å². The molecule has 0 saturated carbocycles. The van der Waals surface area contributed by atoms with Crippen LogP contribution in [0.3, 0.4) is 0 Å². The number of aromatic nitrogens is 5. The fourth-order valence-electron chi connectivity index (χ4n) is 4.28. The molecular formula is C27H21FN6. The molecule has 4 aromatic heterocycles. The molecule has 0 bridgehead atoms. The van der Waals surface area contributed by atoms with Crippen LogP contribution in [-0.2, 0) is 0 Å². The van der Waals surface area contributed by atoms with Crippen LogP contribution in [0.15, 0.2) is 79.3 Å². The number of benzene rings is 2. The molecule has 2 aromatic carbocycles. The van der Waals surface area contributed by atoms with Crippen LogP contribution >= 0.6 is 0 Å². The standard InChI is InChI=1S/C27H21FN6/c1-34(2)19-10-17(13-29-14-19)24-12-22-26(15-30-24)32-33-27(22)25-11-21-20(7-4-8-23(21)31-25)16-5-3-6-18(28)9-16/h3-15,31H,1-2H3,(H,32,33). The van der Waals surface area contributed by atoms with Gasteiger partial charge in [0.25, 0.3) is 0 Å². The number of aromatic amines is 2. The number of H-pyrrole nitrogens is 2. The Morgan fingerprint density at radius 1 is 0.824 bits per heavy atom. The third-order valence-electron chi connectivity index (χ3n) is 6.04. The minimum atomic E-state index is -0.253. The van der Waals surface area contributed by atoms with Crippen LogP contribution in [0, 0.1) is 5.82 Å². The van der Waals surface area contributed by atoms with Gasteiger partial charge in [-0.2, -0.15) is 5.10 Å². The van der Waals surface area contributed by atoms with Crippen LogP contribution in [0.2, 0.25) is 0 Å². The summed E-state index contributed by atoms with van der Waals surface area (Å²) in [5, 5.41) is 9.63. The maximum absolute atomic E-state index is 13.9. The predicted octanol–water partition coefficient (Wildman–Crippen LogP) is 6.04. The van der Waals surface area contributed by atoms with Gasteiger partial charge in [-0.1, -0.05) is 24.3 Å². The van der Waals surface area contributed by atoms with E-state index in [4.69, 9.17) is 0 Å². The van der Waals surface area contributed by atoms with Crippen molar-refractivity contribution in [1.82, 2.24) is 25.1 Å². The Morgan fingerprint density at radius 3 is 2.56 bits per heavy atom. The highest BCUT2D eigenvalue weighted by molar-refractivity contribution is 6.01. The van der Waals surface area contributed by atoms with Crippen LogP contribution in [0.25, 0.3) is 55.6 Å². The summed E-state index contributed by atoms with van der Waals surface area (Å²) in [6, 6.07) is 18.8. The molecule has 6 aromatic rings. The second-order valence-electron chi connectivity index (χ2n) is 8.47. The quantitative estimate of drug-likeness (QED) is 0.345. The summed E-state index contributed by atoms with van der Waals surface area (Å²) in [7, 11) is 3.97. The molecule has 0 fully saturated rings. The lowest BCUT2D eigenvalue weighted by Crippen LogP contribution is -2.08. The zero-order valence-corrected chi connectivity index (χ0v) is 18.7. The van der Waals surface area contributed by atoms with Gasteiger partial charge in [-0.25, -0.2) is 4.39 Å². The van der Waals surface area contributed by atoms with Crippen molar-refractivity contribution in [3.8, 4) is 33.8 Å². The Labute approximate surface area is 195 Å². The van der Waals surface area contributed by atoms with Crippen LogP contribution in [0.5, 0.6) is 0 Å². The summed E-state index contributed by atoms with van der Waals surface area (Å²) in [4.78, 5) is 14.5. The average molecular weight is 449 g/mol. The molecular weight excluding hydrogens is 427 g/mol. The first-order chi connectivity index (χ1) is 16.6. The maximum Gasteiger partial charge on any atom is 0.123 e. The lowest BCUT2D eigenvalue weighted by Gasteiger charge is -2.12. The molecule has 0 saturated heterocycles. The van der Waals surface area contributed by atoms with Gasteiger partial charge in [-0.3, -0.25) is 15.1 Å². The molecule has 0 amide bonds. The Hall–Kier alpha value is -4.52. The molecule has 6 nitrogen and oxygen atoms in total. The third-order valence-corrected chi connectivity index (χ3v) is 6.04. The number of rotatable bonds is 4. The SMILES string of the molecule is CN(C)c1cncc(-c2cc3c(-c4cc5c(-c6cccc(F)c6)cccc5[nH]4)n[nH]c3cn2)c1. The number of nitrogens with zero attached hydrogens (tertiary/aromatic N) is 4. The van der Waals surface area contributed by atoms with Gasteiger partial charge in [-0.15, -0.1) is 0 Å². The van der Waals surface area contributed by atoms with E-state index in [0.29, 0.717) is 0 Å². The molecule has 0 aliphatic heterocycles. The first kappa shape index (κ1) is 20.1. The lowest BCUT2D eigenvalue weighted by atomic mass is 10.0. The molecule has 0 atom stereocenters. The van der Waals surface area contributed by atoms with E-state index in [1.54, 1.807) is 18.3 Å². The number of fused-ring (bicyclic) bond motifs is 2. The van der Waals surface area contributed by atoms with E-state index < -0.39 is 0 Å². The Bertz CT molecular complexity index is 1660. The van der Waals surface area contributed by atoms with Gasteiger partial charge in [0.05, 0.1) is 35.0 Å². The topological polar surface area (TPSA) is 73.5 Å². The van der Waals surface area contributed by atoms with Crippen LogP contribution < -0.4 is 4.90 Å². The summed E-state index contributed by atoms with van der Waals surface area (Å²) in [5.74, 6) is -0.253. The van der Waals surface area contributed by atoms with Crippen molar-refractivity contribution in [2.75, 3.05) is 19.0 Å². The smallest absolute Gasteiger partial charge is 0.123 e. The fraction of sp³-hybridized carbons (Fsp3) is 0.0741. The second-order valence-corrected chi connectivity index (χ2v) is 8.47. The summed E-state index contributed by atoms with van der Waals surface area (Å²) < 4.78 is 13.9. The van der Waals surface area contributed by atoms with Gasteiger partial charge in [0, 0.05) is 42.1 Å². The Kier molecular flexibility index (Phi) is 4.62. The van der Waals surface area contributed by atoms with Crippen molar-refractivity contribution in [3.05, 3.63) is 85.1 Å². The Balaban J connectivity index is 1.48. The minimum Gasteiger partial charge on any atom is -0.376 e. The molecule has 0 spiro atoms. The number of hydrogen-bond acceptors (Lipinski definition) is 4. The number of anilines is 1. The number of hydrogen-bond donors (Lipinski definition) is 2.